The zero-order valence-corrected chi connectivity index (χ0v) is 22.3. The van der Waals surface area contributed by atoms with Crippen molar-refractivity contribution < 1.29 is 14.0 Å². The van der Waals surface area contributed by atoms with Crippen LogP contribution in [0.25, 0.3) is 33.5 Å². The van der Waals surface area contributed by atoms with Crippen molar-refractivity contribution in [2.75, 3.05) is 59.2 Å². The lowest BCUT2D eigenvalue weighted by Gasteiger charge is -2.32. The molecule has 2 heterocycles. The Kier molecular flexibility index (Phi) is 7.63. The van der Waals surface area contributed by atoms with Crippen LogP contribution in [0.2, 0.25) is 0 Å². The number of carbonyl (C=O) groups is 2. The molecule has 1 aliphatic heterocycles. The number of likely N-dealkylation sites (N-methyl/N-ethyl adjacent to an activating group) is 2. The first kappa shape index (κ1) is 26.4. The summed E-state index contributed by atoms with van der Waals surface area (Å²) in [6, 6.07) is 18.9. The van der Waals surface area contributed by atoms with Crippen molar-refractivity contribution in [1.82, 2.24) is 24.7 Å². The zero-order valence-electron chi connectivity index (χ0n) is 22.3. The summed E-state index contributed by atoms with van der Waals surface area (Å²) < 4.78 is 13.7. The highest BCUT2D eigenvalue weighted by Gasteiger charge is 2.22. The van der Waals surface area contributed by atoms with Crippen LogP contribution in [-0.4, -0.2) is 90.3 Å². The van der Waals surface area contributed by atoms with E-state index in [0.717, 1.165) is 18.7 Å². The van der Waals surface area contributed by atoms with E-state index in [1.54, 1.807) is 35.2 Å². The molecule has 0 bridgehead atoms. The van der Waals surface area contributed by atoms with Gasteiger partial charge in [-0.05, 0) is 75.7 Å². The molecule has 39 heavy (non-hydrogen) atoms. The van der Waals surface area contributed by atoms with E-state index in [1.165, 1.54) is 12.1 Å². The van der Waals surface area contributed by atoms with E-state index in [2.05, 4.69) is 17.3 Å². The van der Waals surface area contributed by atoms with Crippen LogP contribution in [-0.2, 0) is 4.79 Å². The minimum atomic E-state index is -0.341. The molecule has 5 rings (SSSR count). The lowest BCUT2D eigenvalue weighted by atomic mass is 10.0. The number of amides is 2. The molecule has 0 spiro atoms. The highest BCUT2D eigenvalue weighted by Crippen LogP contribution is 2.32. The van der Waals surface area contributed by atoms with Gasteiger partial charge in [-0.25, -0.2) is 14.4 Å². The molecule has 0 atom stereocenters. The number of anilines is 1. The SMILES string of the molecule is CN(C)CC(=O)Nc1cccc(-c2nc3cc(C(=O)N4CCN(C)CC4)ccc3nc2-c2ccc(F)cc2)c1. The van der Waals surface area contributed by atoms with Crippen LogP contribution in [0.15, 0.2) is 66.7 Å². The van der Waals surface area contributed by atoms with Crippen LogP contribution in [0.4, 0.5) is 10.1 Å². The number of hydrogen-bond acceptors (Lipinski definition) is 6. The highest BCUT2D eigenvalue weighted by atomic mass is 19.1. The Balaban J connectivity index is 1.57. The predicted octanol–water partition coefficient (Wildman–Crippen LogP) is 3.99. The fourth-order valence-corrected chi connectivity index (χ4v) is 4.62. The second-order valence-corrected chi connectivity index (χ2v) is 10.1. The normalized spacial score (nSPS) is 14.1. The van der Waals surface area contributed by atoms with Gasteiger partial charge in [0.2, 0.25) is 5.91 Å². The van der Waals surface area contributed by atoms with Crippen molar-refractivity contribution >= 4 is 28.5 Å². The van der Waals surface area contributed by atoms with E-state index in [1.807, 2.05) is 43.3 Å². The molecule has 3 aromatic carbocycles. The van der Waals surface area contributed by atoms with Gasteiger partial charge in [-0.3, -0.25) is 9.59 Å². The summed E-state index contributed by atoms with van der Waals surface area (Å²) >= 11 is 0. The van der Waals surface area contributed by atoms with Crippen LogP contribution in [0.5, 0.6) is 0 Å². The van der Waals surface area contributed by atoms with Crippen molar-refractivity contribution in [3.63, 3.8) is 0 Å². The summed E-state index contributed by atoms with van der Waals surface area (Å²) in [6.45, 7) is 3.29. The molecule has 1 fully saturated rings. The average molecular weight is 527 g/mol. The van der Waals surface area contributed by atoms with Gasteiger partial charge in [0.1, 0.15) is 5.82 Å². The lowest BCUT2D eigenvalue weighted by molar-refractivity contribution is -0.116. The Labute approximate surface area is 227 Å². The van der Waals surface area contributed by atoms with Gasteiger partial charge in [-0.2, -0.15) is 0 Å². The number of rotatable bonds is 6. The molecule has 9 heteroatoms. The Hall–Kier alpha value is -4.21. The molecular weight excluding hydrogens is 495 g/mol. The van der Waals surface area contributed by atoms with Gasteiger partial charge < -0.3 is 20.0 Å². The van der Waals surface area contributed by atoms with Gasteiger partial charge >= 0.3 is 0 Å². The highest BCUT2D eigenvalue weighted by molar-refractivity contribution is 5.98. The van der Waals surface area contributed by atoms with Gasteiger partial charge in [0.15, 0.2) is 0 Å². The number of piperazine rings is 1. The van der Waals surface area contributed by atoms with Crippen LogP contribution >= 0.6 is 0 Å². The maximum atomic E-state index is 13.7. The number of carbonyl (C=O) groups excluding carboxylic acids is 2. The summed E-state index contributed by atoms with van der Waals surface area (Å²) in [4.78, 5) is 41.3. The number of benzene rings is 3. The quantitative estimate of drug-likeness (QED) is 0.409. The van der Waals surface area contributed by atoms with E-state index in [9.17, 15) is 14.0 Å². The molecule has 1 N–H and O–H groups in total. The summed E-state index contributed by atoms with van der Waals surface area (Å²) in [6.07, 6.45) is 0. The van der Waals surface area contributed by atoms with E-state index >= 15 is 0 Å². The van der Waals surface area contributed by atoms with Crippen molar-refractivity contribution in [3.8, 4) is 22.5 Å². The topological polar surface area (TPSA) is 81.7 Å². The van der Waals surface area contributed by atoms with Crippen LogP contribution in [0, 0.1) is 5.82 Å². The van der Waals surface area contributed by atoms with E-state index in [-0.39, 0.29) is 24.2 Å². The van der Waals surface area contributed by atoms with Crippen LogP contribution < -0.4 is 5.32 Å². The average Bonchev–Trinajstić information content (AvgIpc) is 2.92. The first-order valence-electron chi connectivity index (χ1n) is 12.9. The Morgan fingerprint density at radius 2 is 1.56 bits per heavy atom. The molecular formula is C30H31FN6O2. The monoisotopic (exact) mass is 526 g/mol. The van der Waals surface area contributed by atoms with Gasteiger partial charge in [0.25, 0.3) is 5.91 Å². The van der Waals surface area contributed by atoms with Gasteiger partial charge in [0, 0.05) is 48.6 Å². The standard InChI is InChI=1S/C30H31FN6O2/c1-35(2)19-27(38)32-24-6-4-5-21(17-24)29-28(20-7-10-23(31)11-8-20)33-25-12-9-22(18-26(25)34-29)30(39)37-15-13-36(3)14-16-37/h4-12,17-18H,13-16,19H2,1-3H3,(H,32,38). The first-order valence-corrected chi connectivity index (χ1v) is 12.9. The van der Waals surface area contributed by atoms with Crippen LogP contribution in [0.1, 0.15) is 10.4 Å². The number of halogens is 1. The number of fused-ring (bicyclic) bond motifs is 1. The number of nitrogens with one attached hydrogen (secondary N) is 1. The second-order valence-electron chi connectivity index (χ2n) is 10.1. The maximum absolute atomic E-state index is 13.7. The minimum Gasteiger partial charge on any atom is -0.336 e. The van der Waals surface area contributed by atoms with Crippen LogP contribution in [0.3, 0.4) is 0 Å². The van der Waals surface area contributed by atoms with Gasteiger partial charge in [0.05, 0.1) is 29.0 Å². The first-order chi connectivity index (χ1) is 18.8. The fourth-order valence-electron chi connectivity index (χ4n) is 4.62. The summed E-state index contributed by atoms with van der Waals surface area (Å²) in [5.41, 5.74) is 5.00. The molecule has 1 saturated heterocycles. The number of hydrogen-bond donors (Lipinski definition) is 1. The Morgan fingerprint density at radius 1 is 0.872 bits per heavy atom. The summed E-state index contributed by atoms with van der Waals surface area (Å²) in [5, 5.41) is 2.92. The Bertz CT molecular complexity index is 1510. The largest absolute Gasteiger partial charge is 0.336 e. The number of aromatic nitrogens is 2. The van der Waals surface area contributed by atoms with Gasteiger partial charge in [-0.1, -0.05) is 12.1 Å². The third kappa shape index (κ3) is 6.10. The van der Waals surface area contributed by atoms with E-state index in [0.29, 0.717) is 52.3 Å². The summed E-state index contributed by atoms with van der Waals surface area (Å²) in [7, 11) is 5.72. The number of nitrogens with zero attached hydrogens (tertiary/aromatic N) is 5. The molecule has 1 aliphatic rings. The maximum Gasteiger partial charge on any atom is 0.254 e. The molecule has 0 unspecified atom stereocenters. The van der Waals surface area contributed by atoms with Crippen molar-refractivity contribution in [1.29, 1.82) is 0 Å². The predicted molar refractivity (Wildman–Crippen MR) is 151 cm³/mol. The minimum absolute atomic E-state index is 0.0263. The molecule has 0 aliphatic carbocycles. The smallest absolute Gasteiger partial charge is 0.254 e. The molecule has 1 aromatic heterocycles. The molecule has 200 valence electrons. The van der Waals surface area contributed by atoms with E-state index in [4.69, 9.17) is 9.97 Å². The fraction of sp³-hybridized carbons (Fsp3) is 0.267. The molecule has 4 aromatic rings. The van der Waals surface area contributed by atoms with Gasteiger partial charge in [-0.15, -0.1) is 0 Å². The molecule has 0 saturated carbocycles. The third-order valence-corrected chi connectivity index (χ3v) is 6.70. The second kappa shape index (κ2) is 11.3. The van der Waals surface area contributed by atoms with Crippen molar-refractivity contribution in [2.45, 2.75) is 0 Å². The molecule has 2 amide bonds. The molecule has 8 nitrogen and oxygen atoms in total. The van der Waals surface area contributed by atoms with Crippen molar-refractivity contribution in [2.24, 2.45) is 0 Å². The lowest BCUT2D eigenvalue weighted by Crippen LogP contribution is -2.47. The van der Waals surface area contributed by atoms with E-state index < -0.39 is 0 Å². The molecule has 0 radical (unpaired) electrons. The zero-order chi connectivity index (χ0) is 27.5. The van der Waals surface area contributed by atoms with Crippen molar-refractivity contribution in [3.05, 3.63) is 78.1 Å². The third-order valence-electron chi connectivity index (χ3n) is 6.70. The summed E-state index contributed by atoms with van der Waals surface area (Å²) in [5.74, 6) is -0.499. The Morgan fingerprint density at radius 3 is 2.28 bits per heavy atom.